The molecule has 2 aromatic rings. The number of rotatable bonds is 10. The molecule has 0 spiro atoms. The summed E-state index contributed by atoms with van der Waals surface area (Å²) in [5.74, 6) is -3.20. The Morgan fingerprint density at radius 2 is 1.46 bits per heavy atom. The van der Waals surface area contributed by atoms with Crippen molar-refractivity contribution in [2.45, 2.75) is 38.8 Å². The first kappa shape index (κ1) is 38.8. The SMILES string of the molecule is CCC(N)(C(=O)O)C(=O)OCc1ccccc1.CCCNC(=O)/C=C\C(N)=O.O=CO.O=P(O)(O)c1ccccc1. The van der Waals surface area contributed by atoms with Crippen molar-refractivity contribution < 1.29 is 53.3 Å². The molecule has 226 valence electrons. The lowest BCUT2D eigenvalue weighted by Crippen LogP contribution is -2.55. The number of hydrogen-bond donors (Lipinski definition) is 7. The monoisotopic (exact) mass is 597 g/mol. The van der Waals surface area contributed by atoms with Gasteiger partial charge in [-0.1, -0.05) is 62.4 Å². The van der Waals surface area contributed by atoms with E-state index in [1.54, 1.807) is 42.5 Å². The van der Waals surface area contributed by atoms with Crippen molar-refractivity contribution in [3.8, 4) is 0 Å². The lowest BCUT2D eigenvalue weighted by atomic mass is 9.98. The largest absolute Gasteiger partial charge is 0.483 e. The lowest BCUT2D eigenvalue weighted by Gasteiger charge is -2.20. The molecular formula is C26H36N3O11P. The maximum Gasteiger partial charge on any atom is 0.356 e. The van der Waals surface area contributed by atoms with E-state index >= 15 is 0 Å². The van der Waals surface area contributed by atoms with Crippen LogP contribution in [0, 0.1) is 0 Å². The Hall–Kier alpha value is -4.36. The molecule has 0 bridgehead atoms. The van der Waals surface area contributed by atoms with Crippen LogP contribution < -0.4 is 22.1 Å². The summed E-state index contributed by atoms with van der Waals surface area (Å²) in [5, 5.41) is 18.4. The van der Waals surface area contributed by atoms with Gasteiger partial charge in [0.25, 0.3) is 6.47 Å². The molecule has 2 amide bonds. The van der Waals surface area contributed by atoms with Crippen LogP contribution >= 0.6 is 7.60 Å². The second-order valence-electron chi connectivity index (χ2n) is 7.70. The van der Waals surface area contributed by atoms with E-state index in [1.165, 1.54) is 19.1 Å². The topological polar surface area (TPSA) is 257 Å². The third-order valence-electron chi connectivity index (χ3n) is 4.56. The fourth-order valence-corrected chi connectivity index (χ4v) is 2.88. The van der Waals surface area contributed by atoms with Gasteiger partial charge in [-0.25, -0.2) is 9.59 Å². The minimum Gasteiger partial charge on any atom is -0.483 e. The van der Waals surface area contributed by atoms with Crippen LogP contribution in [0.2, 0.25) is 0 Å². The molecule has 41 heavy (non-hydrogen) atoms. The van der Waals surface area contributed by atoms with E-state index in [2.05, 4.69) is 5.32 Å². The fourth-order valence-electron chi connectivity index (χ4n) is 2.32. The smallest absolute Gasteiger partial charge is 0.356 e. The molecule has 1 unspecified atom stereocenters. The molecule has 0 radical (unpaired) electrons. The van der Waals surface area contributed by atoms with Crippen LogP contribution in [0.4, 0.5) is 0 Å². The standard InChI is InChI=1S/C12H15NO4.C7H12N2O2.C6H7O3P.CH2O2/c1-2-12(13,10(14)15)11(16)17-8-9-6-4-3-5-7-9;1-2-5-9-7(11)4-3-6(8)10;7-10(8,9)6-4-2-1-3-5-6;2-1-3/h3-7H,2,8,13H2,1H3,(H,14,15);3-4H,2,5H2,1H3,(H2,8,10)(H,9,11);1-5H,(H2,7,8,9);1H,(H,2,3)/b;4-3-;;. The summed E-state index contributed by atoms with van der Waals surface area (Å²) < 4.78 is 15.4. The predicted octanol–water partition coefficient (Wildman–Crippen LogP) is 0.666. The third-order valence-corrected chi connectivity index (χ3v) is 5.53. The number of nitrogens with two attached hydrogens (primary N) is 2. The number of hydrogen-bond acceptors (Lipinski definition) is 8. The zero-order valence-electron chi connectivity index (χ0n) is 22.6. The van der Waals surface area contributed by atoms with Gasteiger partial charge in [-0.15, -0.1) is 0 Å². The summed E-state index contributed by atoms with van der Waals surface area (Å²) in [6, 6.07) is 16.7. The van der Waals surface area contributed by atoms with Gasteiger partial charge in [0.1, 0.15) is 6.61 Å². The molecule has 9 N–H and O–H groups in total. The summed E-state index contributed by atoms with van der Waals surface area (Å²) >= 11 is 0. The van der Waals surface area contributed by atoms with Crippen LogP contribution in [0.25, 0.3) is 0 Å². The van der Waals surface area contributed by atoms with Gasteiger partial charge < -0.3 is 41.5 Å². The summed E-state index contributed by atoms with van der Waals surface area (Å²) in [6.45, 7) is 3.85. The van der Waals surface area contributed by atoms with E-state index in [0.717, 1.165) is 24.1 Å². The van der Waals surface area contributed by atoms with Gasteiger partial charge in [0.15, 0.2) is 0 Å². The van der Waals surface area contributed by atoms with Gasteiger partial charge in [-0.3, -0.25) is 18.9 Å². The van der Waals surface area contributed by atoms with Crippen molar-refractivity contribution in [3.05, 3.63) is 78.4 Å². The van der Waals surface area contributed by atoms with E-state index in [0.29, 0.717) is 6.54 Å². The third kappa shape index (κ3) is 18.5. The Balaban J connectivity index is 0. The number of esters is 1. The van der Waals surface area contributed by atoms with Gasteiger partial charge >= 0.3 is 19.5 Å². The van der Waals surface area contributed by atoms with Gasteiger partial charge in [-0.2, -0.15) is 0 Å². The highest BCUT2D eigenvalue weighted by Crippen LogP contribution is 2.32. The number of carbonyl (C=O) groups is 5. The number of aliphatic carboxylic acids is 1. The molecule has 0 aliphatic carbocycles. The van der Waals surface area contributed by atoms with Crippen molar-refractivity contribution in [1.29, 1.82) is 0 Å². The van der Waals surface area contributed by atoms with Crippen LogP contribution in [0.5, 0.6) is 0 Å². The molecule has 15 heteroatoms. The number of carbonyl (C=O) groups excluding carboxylic acids is 3. The van der Waals surface area contributed by atoms with E-state index in [1.807, 2.05) is 13.0 Å². The van der Waals surface area contributed by atoms with Crippen molar-refractivity contribution in [2.75, 3.05) is 6.54 Å². The average molecular weight is 598 g/mol. The molecule has 14 nitrogen and oxygen atoms in total. The first-order chi connectivity index (χ1) is 19.2. The Morgan fingerprint density at radius 3 is 1.83 bits per heavy atom. The normalized spacial score (nSPS) is 11.4. The fraction of sp³-hybridized carbons (Fsp3) is 0.269. The Kier molecular flexibility index (Phi) is 20.3. The lowest BCUT2D eigenvalue weighted by molar-refractivity contribution is -0.162. The summed E-state index contributed by atoms with van der Waals surface area (Å²) in [4.78, 5) is 68.9. The maximum absolute atomic E-state index is 11.6. The minimum absolute atomic E-state index is 0.0179. The van der Waals surface area contributed by atoms with E-state index in [9.17, 15) is 23.7 Å². The van der Waals surface area contributed by atoms with Crippen LogP contribution in [-0.2, 0) is 39.9 Å². The van der Waals surface area contributed by atoms with Crippen molar-refractivity contribution in [2.24, 2.45) is 11.5 Å². The molecular weight excluding hydrogens is 561 g/mol. The van der Waals surface area contributed by atoms with E-state index in [-0.39, 0.29) is 30.7 Å². The second-order valence-corrected chi connectivity index (χ2v) is 9.31. The van der Waals surface area contributed by atoms with Crippen LogP contribution in [0.3, 0.4) is 0 Å². The number of amides is 2. The number of ether oxygens (including phenoxy) is 1. The number of primary amides is 1. The molecule has 2 aromatic carbocycles. The maximum atomic E-state index is 11.6. The van der Waals surface area contributed by atoms with Crippen molar-refractivity contribution in [3.63, 3.8) is 0 Å². The molecule has 0 saturated heterocycles. The molecule has 1 atom stereocenters. The molecule has 0 aliphatic rings. The van der Waals surface area contributed by atoms with Crippen LogP contribution in [0.1, 0.15) is 32.3 Å². The highest BCUT2D eigenvalue weighted by molar-refractivity contribution is 7.60. The first-order valence-electron chi connectivity index (χ1n) is 11.9. The Morgan fingerprint density at radius 1 is 0.976 bits per heavy atom. The van der Waals surface area contributed by atoms with Crippen LogP contribution in [0.15, 0.2) is 72.8 Å². The zero-order chi connectivity index (χ0) is 31.9. The molecule has 0 aromatic heterocycles. The summed E-state index contributed by atoms with van der Waals surface area (Å²) in [5.41, 5.74) is 9.06. The van der Waals surface area contributed by atoms with E-state index in [4.69, 9.17) is 41.0 Å². The van der Waals surface area contributed by atoms with Gasteiger partial charge in [0, 0.05) is 18.7 Å². The number of carboxylic acids is 1. The van der Waals surface area contributed by atoms with Crippen LogP contribution in [-0.4, -0.2) is 62.3 Å². The number of nitrogens with one attached hydrogen (secondary N) is 1. The number of benzene rings is 2. The average Bonchev–Trinajstić information content (AvgIpc) is 2.94. The Bertz CT molecular complexity index is 1160. The van der Waals surface area contributed by atoms with Crippen molar-refractivity contribution >= 4 is 43.1 Å². The summed E-state index contributed by atoms with van der Waals surface area (Å²) in [6.07, 6.45) is 3.01. The molecule has 2 rings (SSSR count). The molecule has 0 heterocycles. The quantitative estimate of drug-likeness (QED) is 0.0655. The number of carboxylic acid groups (broad SMARTS) is 2. The van der Waals surface area contributed by atoms with E-state index < -0.39 is 31.0 Å². The highest BCUT2D eigenvalue weighted by Gasteiger charge is 2.42. The summed E-state index contributed by atoms with van der Waals surface area (Å²) in [7, 11) is -4.02. The zero-order valence-corrected chi connectivity index (χ0v) is 23.5. The molecule has 0 fully saturated rings. The van der Waals surface area contributed by atoms with Crippen molar-refractivity contribution in [1.82, 2.24) is 5.32 Å². The molecule has 0 saturated carbocycles. The van der Waals surface area contributed by atoms with Gasteiger partial charge in [0.05, 0.1) is 5.30 Å². The first-order valence-corrected chi connectivity index (χ1v) is 13.5. The second kappa shape index (κ2) is 21.5. The predicted molar refractivity (Wildman–Crippen MR) is 150 cm³/mol. The Labute approximate surface area is 237 Å². The van der Waals surface area contributed by atoms with Gasteiger partial charge in [-0.05, 0) is 30.5 Å². The molecule has 0 aliphatic heterocycles. The van der Waals surface area contributed by atoms with Gasteiger partial charge in [0.2, 0.25) is 17.4 Å². The minimum atomic E-state index is -4.02. The highest BCUT2D eigenvalue weighted by atomic mass is 31.2.